The van der Waals surface area contributed by atoms with E-state index in [4.69, 9.17) is 5.11 Å². The fraction of sp³-hybridized carbons (Fsp3) is 0.250. The molecule has 60 valence electrons. The number of hydrogen-bond acceptors (Lipinski definition) is 2. The topological polar surface area (TPSA) is 54.4 Å². The van der Waals surface area contributed by atoms with Crippen molar-refractivity contribution in [3.63, 3.8) is 0 Å². The molecule has 0 atom stereocenters. The van der Waals surface area contributed by atoms with Gasteiger partial charge in [-0.1, -0.05) is 13.2 Å². The second-order valence-corrected chi connectivity index (χ2v) is 2.29. The molecule has 3 nitrogen and oxygen atoms in total. The average molecular weight is 154 g/mol. The molecule has 1 N–H and O–H groups in total. The first kappa shape index (κ1) is 9.62. The van der Waals surface area contributed by atoms with Crippen LogP contribution in [0.2, 0.25) is 0 Å². The van der Waals surface area contributed by atoms with E-state index in [2.05, 4.69) is 13.2 Å². The van der Waals surface area contributed by atoms with Crippen LogP contribution in [0.3, 0.4) is 0 Å². The van der Waals surface area contributed by atoms with Crippen LogP contribution in [-0.2, 0) is 9.59 Å². The number of carbonyl (C=O) groups excluding carboxylic acids is 1. The lowest BCUT2D eigenvalue weighted by Crippen LogP contribution is -2.06. The van der Waals surface area contributed by atoms with E-state index in [1.54, 1.807) is 0 Å². The fourth-order valence-corrected chi connectivity index (χ4v) is 0.420. The van der Waals surface area contributed by atoms with Gasteiger partial charge >= 0.3 is 5.97 Å². The lowest BCUT2D eigenvalue weighted by Gasteiger charge is -1.97. The largest absolute Gasteiger partial charge is 0.478 e. The smallest absolute Gasteiger partial charge is 0.331 e. The van der Waals surface area contributed by atoms with Gasteiger partial charge in [0.25, 0.3) is 0 Å². The van der Waals surface area contributed by atoms with Crippen LogP contribution < -0.4 is 0 Å². The molecule has 0 fully saturated rings. The zero-order chi connectivity index (χ0) is 9.02. The highest BCUT2D eigenvalue weighted by Crippen LogP contribution is 2.03. The Hall–Kier alpha value is -1.38. The summed E-state index contributed by atoms with van der Waals surface area (Å²) in [5.41, 5.74) is 0.255. The molecular formula is C8H10O3. The molecule has 0 aliphatic carbocycles. The molecule has 0 amide bonds. The van der Waals surface area contributed by atoms with Gasteiger partial charge in [0, 0.05) is 12.0 Å². The number of rotatable bonds is 4. The highest BCUT2D eigenvalue weighted by atomic mass is 16.4. The summed E-state index contributed by atoms with van der Waals surface area (Å²) in [5, 5.41) is 8.33. The Labute approximate surface area is 65.0 Å². The van der Waals surface area contributed by atoms with E-state index in [1.165, 1.54) is 6.92 Å². The molecule has 0 aromatic carbocycles. The van der Waals surface area contributed by atoms with Gasteiger partial charge in [-0.3, -0.25) is 4.79 Å². The van der Waals surface area contributed by atoms with E-state index in [-0.39, 0.29) is 17.8 Å². The Bertz CT molecular complexity index is 201. The molecule has 11 heavy (non-hydrogen) atoms. The summed E-state index contributed by atoms with van der Waals surface area (Å²) in [6, 6.07) is 0. The standard InChI is InChI=1S/C8H10O3/c1-5(2)7(9)4-6(3)8(10)11/h1,3-4H2,2H3,(H,10,11). The average Bonchev–Trinajstić information content (AvgIpc) is 1.87. The Balaban J connectivity index is 4.07. The number of carbonyl (C=O) groups is 2. The highest BCUT2D eigenvalue weighted by molar-refractivity contribution is 6.01. The normalized spacial score (nSPS) is 8.82. The van der Waals surface area contributed by atoms with E-state index in [1.807, 2.05) is 0 Å². The van der Waals surface area contributed by atoms with E-state index >= 15 is 0 Å². The summed E-state index contributed by atoms with van der Waals surface area (Å²) >= 11 is 0. The minimum absolute atomic E-state index is 0.0991. The monoisotopic (exact) mass is 154 g/mol. The van der Waals surface area contributed by atoms with Crippen LogP contribution in [0.5, 0.6) is 0 Å². The summed E-state index contributed by atoms with van der Waals surface area (Å²) in [6.45, 7) is 8.14. The summed E-state index contributed by atoms with van der Waals surface area (Å²) in [4.78, 5) is 21.0. The second-order valence-electron chi connectivity index (χ2n) is 2.29. The van der Waals surface area contributed by atoms with Crippen LogP contribution in [-0.4, -0.2) is 16.9 Å². The minimum atomic E-state index is -1.14. The third-order valence-electron chi connectivity index (χ3n) is 1.15. The van der Waals surface area contributed by atoms with Gasteiger partial charge in [-0.25, -0.2) is 4.79 Å². The molecule has 0 rings (SSSR count). The summed E-state index contributed by atoms with van der Waals surface area (Å²) in [7, 11) is 0. The third-order valence-corrected chi connectivity index (χ3v) is 1.15. The van der Waals surface area contributed by atoms with Crippen LogP contribution >= 0.6 is 0 Å². The van der Waals surface area contributed by atoms with Crippen molar-refractivity contribution in [2.45, 2.75) is 13.3 Å². The van der Waals surface area contributed by atoms with Crippen molar-refractivity contribution in [2.24, 2.45) is 0 Å². The number of ketones is 1. The SMILES string of the molecule is C=C(C)C(=O)CC(=C)C(=O)O. The van der Waals surface area contributed by atoms with Crippen molar-refractivity contribution in [3.05, 3.63) is 24.3 Å². The molecular weight excluding hydrogens is 144 g/mol. The van der Waals surface area contributed by atoms with Crippen molar-refractivity contribution in [3.8, 4) is 0 Å². The van der Waals surface area contributed by atoms with Crippen LogP contribution in [0.1, 0.15) is 13.3 Å². The fourth-order valence-electron chi connectivity index (χ4n) is 0.420. The number of carboxylic acids is 1. The van der Waals surface area contributed by atoms with Crippen molar-refractivity contribution in [1.82, 2.24) is 0 Å². The van der Waals surface area contributed by atoms with Gasteiger partial charge in [0.05, 0.1) is 0 Å². The molecule has 0 heterocycles. The summed E-state index contributed by atoms with van der Waals surface area (Å²) in [5.74, 6) is -1.42. The summed E-state index contributed by atoms with van der Waals surface area (Å²) in [6.07, 6.45) is -0.148. The first-order valence-corrected chi connectivity index (χ1v) is 3.05. The van der Waals surface area contributed by atoms with Crippen molar-refractivity contribution >= 4 is 11.8 Å². The number of carboxylic acid groups (broad SMARTS) is 1. The van der Waals surface area contributed by atoms with E-state index in [9.17, 15) is 9.59 Å². The minimum Gasteiger partial charge on any atom is -0.478 e. The van der Waals surface area contributed by atoms with Crippen LogP contribution in [0.25, 0.3) is 0 Å². The van der Waals surface area contributed by atoms with Gasteiger partial charge in [-0.2, -0.15) is 0 Å². The summed E-state index contributed by atoms with van der Waals surface area (Å²) < 4.78 is 0. The molecule has 0 saturated carbocycles. The lowest BCUT2D eigenvalue weighted by atomic mass is 10.1. The maximum absolute atomic E-state index is 10.8. The number of Topliss-reactive ketones (excluding diaryl/α,β-unsaturated/α-hetero) is 1. The molecule has 0 bridgehead atoms. The maximum atomic E-state index is 10.8. The predicted molar refractivity (Wildman–Crippen MR) is 41.2 cm³/mol. The lowest BCUT2D eigenvalue weighted by molar-refractivity contribution is -0.133. The van der Waals surface area contributed by atoms with Gasteiger partial charge in [0.2, 0.25) is 0 Å². The van der Waals surface area contributed by atoms with Gasteiger partial charge in [-0.05, 0) is 12.5 Å². The van der Waals surface area contributed by atoms with Crippen molar-refractivity contribution in [2.75, 3.05) is 0 Å². The Morgan fingerprint density at radius 3 is 2.09 bits per heavy atom. The van der Waals surface area contributed by atoms with Gasteiger partial charge in [0.1, 0.15) is 0 Å². The highest BCUT2D eigenvalue weighted by Gasteiger charge is 2.09. The Kier molecular flexibility index (Phi) is 3.24. The van der Waals surface area contributed by atoms with Crippen LogP contribution in [0.15, 0.2) is 24.3 Å². The van der Waals surface area contributed by atoms with Gasteiger partial charge < -0.3 is 5.11 Å². The number of allylic oxidation sites excluding steroid dienone is 1. The molecule has 0 spiro atoms. The zero-order valence-electron chi connectivity index (χ0n) is 6.39. The second kappa shape index (κ2) is 3.71. The van der Waals surface area contributed by atoms with Gasteiger partial charge in [0.15, 0.2) is 5.78 Å². The van der Waals surface area contributed by atoms with E-state index in [0.29, 0.717) is 5.57 Å². The van der Waals surface area contributed by atoms with Crippen molar-refractivity contribution < 1.29 is 14.7 Å². The number of hydrogen-bond donors (Lipinski definition) is 1. The molecule has 3 heteroatoms. The molecule has 0 unspecified atom stereocenters. The predicted octanol–water partition coefficient (Wildman–Crippen LogP) is 1.16. The Morgan fingerprint density at radius 2 is 1.82 bits per heavy atom. The maximum Gasteiger partial charge on any atom is 0.331 e. The van der Waals surface area contributed by atoms with Gasteiger partial charge in [-0.15, -0.1) is 0 Å². The molecule has 0 radical (unpaired) electrons. The quantitative estimate of drug-likeness (QED) is 0.618. The molecule has 0 aromatic rings. The number of aliphatic carboxylic acids is 1. The molecule has 0 aliphatic rings. The van der Waals surface area contributed by atoms with E-state index < -0.39 is 5.97 Å². The molecule has 0 saturated heterocycles. The van der Waals surface area contributed by atoms with E-state index in [0.717, 1.165) is 0 Å². The van der Waals surface area contributed by atoms with Crippen LogP contribution in [0, 0.1) is 0 Å². The van der Waals surface area contributed by atoms with Crippen LogP contribution in [0.4, 0.5) is 0 Å². The zero-order valence-corrected chi connectivity index (χ0v) is 6.39. The molecule has 0 aliphatic heterocycles. The first-order chi connectivity index (χ1) is 4.95. The van der Waals surface area contributed by atoms with Crippen molar-refractivity contribution in [1.29, 1.82) is 0 Å². The molecule has 0 aromatic heterocycles. The Morgan fingerprint density at radius 1 is 1.36 bits per heavy atom. The third kappa shape index (κ3) is 3.35. The first-order valence-electron chi connectivity index (χ1n) is 3.05.